The van der Waals surface area contributed by atoms with Crippen molar-refractivity contribution in [2.75, 3.05) is 5.75 Å². The molecule has 4 aromatic rings. The first kappa shape index (κ1) is 27.1. The minimum atomic E-state index is 0.775. The highest BCUT2D eigenvalue weighted by Gasteiger charge is 2.17. The number of aryl methyl sites for hydroxylation is 2. The molecule has 0 aliphatic carbocycles. The van der Waals surface area contributed by atoms with E-state index in [2.05, 4.69) is 115 Å². The van der Waals surface area contributed by atoms with Crippen LogP contribution < -0.4 is 16.1 Å². The Balaban J connectivity index is 1.39. The number of fused-ring (bicyclic) bond motifs is 1. The van der Waals surface area contributed by atoms with Crippen LogP contribution in [-0.4, -0.2) is 15.3 Å². The Morgan fingerprint density at radius 3 is 2.28 bits per heavy atom. The molecule has 1 N–H and O–H groups in total. The van der Waals surface area contributed by atoms with Crippen LogP contribution in [0.15, 0.2) is 78.9 Å². The Morgan fingerprint density at radius 1 is 0.821 bits per heavy atom. The molecule has 200 valence electrons. The van der Waals surface area contributed by atoms with Crippen molar-refractivity contribution in [2.24, 2.45) is 0 Å². The molecule has 1 aromatic heterocycles. The normalized spacial score (nSPS) is 12.7. The zero-order valence-electron chi connectivity index (χ0n) is 23.0. The molecule has 0 amide bonds. The van der Waals surface area contributed by atoms with Gasteiger partial charge in [0.05, 0.1) is 22.4 Å². The van der Waals surface area contributed by atoms with E-state index in [-0.39, 0.29) is 0 Å². The third-order valence-corrected chi connectivity index (χ3v) is 7.91. The summed E-state index contributed by atoms with van der Waals surface area (Å²) in [5, 5.41) is 4.65. The van der Waals surface area contributed by atoms with Crippen molar-refractivity contribution < 1.29 is 0 Å². The Kier molecular flexibility index (Phi) is 9.05. The molecule has 1 aliphatic heterocycles. The first-order chi connectivity index (χ1) is 19.1. The van der Waals surface area contributed by atoms with E-state index in [1.54, 1.807) is 0 Å². The van der Waals surface area contributed by atoms with Crippen LogP contribution in [0.1, 0.15) is 65.6 Å². The molecule has 39 heavy (non-hydrogen) atoms. The van der Waals surface area contributed by atoms with Crippen molar-refractivity contribution in [1.29, 1.82) is 0 Å². The molecule has 0 spiro atoms. The maximum absolute atomic E-state index is 5.14. The highest BCUT2D eigenvalue weighted by atomic mass is 32.1. The van der Waals surface area contributed by atoms with Crippen molar-refractivity contribution in [3.63, 3.8) is 0 Å². The molecule has 0 atom stereocenters. The molecule has 0 bridgehead atoms. The van der Waals surface area contributed by atoms with Gasteiger partial charge < -0.3 is 5.32 Å². The van der Waals surface area contributed by atoms with Gasteiger partial charge in [0.2, 0.25) is 0 Å². The fourth-order valence-corrected chi connectivity index (χ4v) is 5.60. The predicted molar refractivity (Wildman–Crippen MR) is 169 cm³/mol. The van der Waals surface area contributed by atoms with Gasteiger partial charge in [-0.05, 0) is 59.8 Å². The maximum Gasteiger partial charge on any atom is 0.157 e. The summed E-state index contributed by atoms with van der Waals surface area (Å²) in [6.07, 6.45) is 11.2. The molecule has 3 nitrogen and oxygen atoms in total. The summed E-state index contributed by atoms with van der Waals surface area (Å²) < 4.78 is 2.17. The lowest BCUT2D eigenvalue weighted by Crippen LogP contribution is -2.35. The average molecular weight is 534 g/mol. The zero-order valence-corrected chi connectivity index (χ0v) is 23.9. The van der Waals surface area contributed by atoms with Crippen molar-refractivity contribution >= 4 is 36.8 Å². The summed E-state index contributed by atoms with van der Waals surface area (Å²) in [7, 11) is 0. The third-order valence-electron chi connectivity index (χ3n) is 7.60. The summed E-state index contributed by atoms with van der Waals surface area (Å²) in [6.45, 7) is 6.72. The van der Waals surface area contributed by atoms with Gasteiger partial charge in [0, 0.05) is 19.0 Å². The molecule has 4 heteroatoms. The fourth-order valence-electron chi connectivity index (χ4n) is 5.37. The van der Waals surface area contributed by atoms with Gasteiger partial charge in [0.15, 0.2) is 5.48 Å². The number of imidazole rings is 1. The highest BCUT2D eigenvalue weighted by molar-refractivity contribution is 7.80. The van der Waals surface area contributed by atoms with Crippen molar-refractivity contribution in [2.45, 2.75) is 58.3 Å². The van der Waals surface area contributed by atoms with Gasteiger partial charge in [-0.15, -0.1) is 0 Å². The Bertz CT molecular complexity index is 1530. The maximum atomic E-state index is 5.14. The van der Waals surface area contributed by atoms with Gasteiger partial charge in [-0.3, -0.25) is 4.57 Å². The van der Waals surface area contributed by atoms with E-state index in [1.807, 2.05) is 6.07 Å². The van der Waals surface area contributed by atoms with Gasteiger partial charge in [-0.25, -0.2) is 4.98 Å². The molecule has 2 heterocycles. The molecule has 5 rings (SSSR count). The zero-order chi connectivity index (χ0) is 27.0. The number of nitrogens with one attached hydrogen (secondary N) is 1. The molecule has 3 aromatic carbocycles. The molecule has 0 saturated heterocycles. The quantitative estimate of drug-likeness (QED) is 0.160. The summed E-state index contributed by atoms with van der Waals surface area (Å²) >= 11 is 4.32. The Labute approximate surface area is 238 Å². The number of hydrogen-bond acceptors (Lipinski definition) is 3. The summed E-state index contributed by atoms with van der Waals surface area (Å²) in [4.78, 5) is 5.14. The number of unbranched alkanes of at least 4 members (excludes halogenated alkanes) is 4. The third kappa shape index (κ3) is 6.75. The number of aromatic nitrogens is 2. The Morgan fingerprint density at radius 2 is 1.54 bits per heavy atom. The van der Waals surface area contributed by atoms with Gasteiger partial charge >= 0.3 is 0 Å². The standard InChI is InChI=1S/C35H39N3S/c1-26-22-29(19-20-30(26)16-10-4-3-5-13-21-39)24-32-27(2)38-25-34(31-17-11-7-12-18-31)36-33(35(38)37-32)23-28-14-8-6-9-15-28/h6-9,11-12,14-15,17-20,22,25,36,39H,2-5,10,13,16,21,23-24H2,1H3. The van der Waals surface area contributed by atoms with E-state index in [0.29, 0.717) is 0 Å². The van der Waals surface area contributed by atoms with Gasteiger partial charge in [0.1, 0.15) is 0 Å². The molecule has 0 radical (unpaired) electrons. The lowest BCUT2D eigenvalue weighted by molar-refractivity contribution is 0.634. The monoisotopic (exact) mass is 533 g/mol. The fraction of sp³-hybridized carbons (Fsp3) is 0.286. The van der Waals surface area contributed by atoms with Crippen LogP contribution in [-0.2, 0) is 19.3 Å². The van der Waals surface area contributed by atoms with E-state index in [0.717, 1.165) is 58.5 Å². The van der Waals surface area contributed by atoms with E-state index in [4.69, 9.17) is 4.98 Å². The highest BCUT2D eigenvalue weighted by Crippen LogP contribution is 2.19. The molecular formula is C35H39N3S. The number of thiol groups is 1. The summed E-state index contributed by atoms with van der Waals surface area (Å²) in [6, 6.07) is 28.0. The van der Waals surface area contributed by atoms with Gasteiger partial charge in [-0.2, -0.15) is 12.6 Å². The lowest BCUT2D eigenvalue weighted by Gasteiger charge is -2.19. The first-order valence-corrected chi connectivity index (χ1v) is 14.8. The van der Waals surface area contributed by atoms with Crippen molar-refractivity contribution in [3.8, 4) is 0 Å². The van der Waals surface area contributed by atoms with Crippen LogP contribution in [0, 0.1) is 6.92 Å². The smallest absolute Gasteiger partial charge is 0.157 e. The SMILES string of the molecule is C=c1c(Cc2ccc(CCCCCCCS)c(C)c2)nc2n1C=C(c1ccccc1)NC=2Cc1ccccc1. The summed E-state index contributed by atoms with van der Waals surface area (Å²) in [5.41, 5.74) is 10.7. The second-order valence-electron chi connectivity index (χ2n) is 10.6. The van der Waals surface area contributed by atoms with Crippen LogP contribution in [0.25, 0.3) is 24.2 Å². The Hall–Kier alpha value is -3.50. The minimum Gasteiger partial charge on any atom is -0.354 e. The van der Waals surface area contributed by atoms with Crippen LogP contribution in [0.5, 0.6) is 0 Å². The molecule has 1 aliphatic rings. The topological polar surface area (TPSA) is 29.9 Å². The van der Waals surface area contributed by atoms with Gasteiger partial charge in [0.25, 0.3) is 0 Å². The largest absolute Gasteiger partial charge is 0.354 e. The van der Waals surface area contributed by atoms with E-state index in [1.165, 1.54) is 54.4 Å². The van der Waals surface area contributed by atoms with Crippen molar-refractivity contribution in [3.05, 3.63) is 123 Å². The second-order valence-corrected chi connectivity index (χ2v) is 11.0. The van der Waals surface area contributed by atoms with Crippen LogP contribution >= 0.6 is 12.6 Å². The van der Waals surface area contributed by atoms with Crippen molar-refractivity contribution in [1.82, 2.24) is 14.9 Å². The predicted octanol–water partition coefficient (Wildman–Crippen LogP) is 6.53. The lowest BCUT2D eigenvalue weighted by atomic mass is 9.98. The van der Waals surface area contributed by atoms with E-state index >= 15 is 0 Å². The molecule has 0 unspecified atom stereocenters. The van der Waals surface area contributed by atoms with Crippen LogP contribution in [0.4, 0.5) is 0 Å². The number of rotatable bonds is 12. The molecule has 0 fully saturated rings. The minimum absolute atomic E-state index is 0.775. The van der Waals surface area contributed by atoms with Crippen LogP contribution in [0.2, 0.25) is 0 Å². The number of hydrogen-bond donors (Lipinski definition) is 2. The average Bonchev–Trinajstić information content (AvgIpc) is 3.27. The van der Waals surface area contributed by atoms with Crippen LogP contribution in [0.3, 0.4) is 0 Å². The van der Waals surface area contributed by atoms with Gasteiger partial charge in [-0.1, -0.05) is 105 Å². The molecular weight excluding hydrogens is 494 g/mol. The number of benzene rings is 3. The van der Waals surface area contributed by atoms with E-state index < -0.39 is 0 Å². The second kappa shape index (κ2) is 13.0. The first-order valence-electron chi connectivity index (χ1n) is 14.2. The summed E-state index contributed by atoms with van der Waals surface area (Å²) in [5.74, 6) is 1.00. The molecule has 0 saturated carbocycles. The number of nitrogens with zero attached hydrogens (tertiary/aromatic N) is 2. The van der Waals surface area contributed by atoms with E-state index in [9.17, 15) is 0 Å².